The van der Waals surface area contributed by atoms with Crippen molar-refractivity contribution in [1.29, 1.82) is 5.26 Å². The van der Waals surface area contributed by atoms with Gasteiger partial charge in [0.25, 0.3) is 0 Å². The summed E-state index contributed by atoms with van der Waals surface area (Å²) in [5.74, 6) is 0.202. The molecule has 3 N–H and O–H groups in total. The first-order valence-electron chi connectivity index (χ1n) is 9.25. The summed E-state index contributed by atoms with van der Waals surface area (Å²) in [6, 6.07) is 11.8. The predicted octanol–water partition coefficient (Wildman–Crippen LogP) is 1.61. The van der Waals surface area contributed by atoms with E-state index in [1.165, 1.54) is 0 Å². The van der Waals surface area contributed by atoms with Gasteiger partial charge in [0.1, 0.15) is 24.1 Å². The fourth-order valence-electron chi connectivity index (χ4n) is 3.44. The van der Waals surface area contributed by atoms with Crippen LogP contribution < -0.4 is 4.74 Å². The van der Waals surface area contributed by atoms with Gasteiger partial charge in [-0.15, -0.1) is 0 Å². The second-order valence-corrected chi connectivity index (χ2v) is 7.25. The van der Waals surface area contributed by atoms with Crippen LogP contribution in [0.15, 0.2) is 36.4 Å². The molecular formula is C22H23NO6. The average Bonchev–Trinajstić information content (AvgIpc) is 2.70. The van der Waals surface area contributed by atoms with Crippen molar-refractivity contribution in [2.24, 2.45) is 0 Å². The molecule has 1 heterocycles. The van der Waals surface area contributed by atoms with Gasteiger partial charge in [-0.2, -0.15) is 5.26 Å². The minimum Gasteiger partial charge on any atom is -0.462 e. The maximum absolute atomic E-state index is 12.9. The molecule has 0 amide bonds. The van der Waals surface area contributed by atoms with E-state index in [-0.39, 0.29) is 5.78 Å². The van der Waals surface area contributed by atoms with E-state index in [2.05, 4.69) is 0 Å². The van der Waals surface area contributed by atoms with Crippen molar-refractivity contribution in [2.75, 3.05) is 0 Å². The predicted molar refractivity (Wildman–Crippen MR) is 103 cm³/mol. The third-order valence-electron chi connectivity index (χ3n) is 5.07. The summed E-state index contributed by atoms with van der Waals surface area (Å²) in [4.78, 5) is 12.9. The fraction of sp³-hybridized carbons (Fsp3) is 0.364. The Morgan fingerprint density at radius 3 is 2.17 bits per heavy atom. The number of carbonyl (C=O) groups is 1. The summed E-state index contributed by atoms with van der Waals surface area (Å²) in [5, 5.41) is 38.7. The zero-order valence-corrected chi connectivity index (χ0v) is 16.4. The van der Waals surface area contributed by atoms with E-state index in [1.807, 2.05) is 6.07 Å². The Balaban J connectivity index is 1.84. The Morgan fingerprint density at radius 1 is 1.03 bits per heavy atom. The topological polar surface area (TPSA) is 120 Å². The number of hydrogen-bond acceptors (Lipinski definition) is 7. The number of hydrogen-bond donors (Lipinski definition) is 3. The number of carbonyl (C=O) groups excluding carboxylic acids is 1. The molecule has 1 aliphatic heterocycles. The van der Waals surface area contributed by atoms with Gasteiger partial charge in [0.05, 0.1) is 17.7 Å². The highest BCUT2D eigenvalue weighted by Crippen LogP contribution is 2.28. The fourth-order valence-corrected chi connectivity index (χ4v) is 3.44. The van der Waals surface area contributed by atoms with Gasteiger partial charge < -0.3 is 24.8 Å². The van der Waals surface area contributed by atoms with Gasteiger partial charge in [0.15, 0.2) is 5.78 Å². The van der Waals surface area contributed by atoms with Gasteiger partial charge in [0.2, 0.25) is 6.29 Å². The van der Waals surface area contributed by atoms with Crippen molar-refractivity contribution < 1.29 is 29.6 Å². The summed E-state index contributed by atoms with van der Waals surface area (Å²) in [6.45, 7) is 5.12. The van der Waals surface area contributed by atoms with E-state index < -0.39 is 30.7 Å². The van der Waals surface area contributed by atoms with Gasteiger partial charge in [-0.3, -0.25) is 4.79 Å². The highest BCUT2D eigenvalue weighted by molar-refractivity contribution is 6.10. The number of nitriles is 1. The molecule has 7 nitrogen and oxygen atoms in total. The standard InChI is InChI=1S/C22H23NO6/c1-11-8-16(29-22-21(27)20(26)18(24)13(3)28-22)9-12(2)17(11)19(25)15-6-4-14(10-23)5-7-15/h4-9,13,18,20-22,24,26-27H,1-3H3/t13-,18-,20+,21+,22-/m1/s1. The third-order valence-corrected chi connectivity index (χ3v) is 5.07. The molecule has 1 fully saturated rings. The quantitative estimate of drug-likeness (QED) is 0.671. The number of rotatable bonds is 4. The largest absolute Gasteiger partial charge is 0.462 e. The minimum absolute atomic E-state index is 0.169. The van der Waals surface area contributed by atoms with Crippen LogP contribution in [-0.4, -0.2) is 51.8 Å². The Hall–Kier alpha value is -2.76. The summed E-state index contributed by atoms with van der Waals surface area (Å²) in [5.41, 5.74) is 2.82. The highest BCUT2D eigenvalue weighted by Gasteiger charge is 2.43. The van der Waals surface area contributed by atoms with Crippen LogP contribution in [0.25, 0.3) is 0 Å². The number of benzene rings is 2. The average molecular weight is 397 g/mol. The van der Waals surface area contributed by atoms with Gasteiger partial charge in [-0.25, -0.2) is 0 Å². The van der Waals surface area contributed by atoms with Crippen molar-refractivity contribution in [3.63, 3.8) is 0 Å². The van der Waals surface area contributed by atoms with Gasteiger partial charge in [-0.05, 0) is 68.3 Å². The Morgan fingerprint density at radius 2 is 1.62 bits per heavy atom. The van der Waals surface area contributed by atoms with E-state index in [1.54, 1.807) is 57.2 Å². The molecule has 1 saturated heterocycles. The van der Waals surface area contributed by atoms with Crippen LogP contribution in [0.2, 0.25) is 0 Å². The van der Waals surface area contributed by atoms with Crippen molar-refractivity contribution in [3.8, 4) is 11.8 Å². The van der Waals surface area contributed by atoms with Crippen molar-refractivity contribution in [1.82, 2.24) is 0 Å². The van der Waals surface area contributed by atoms with Crippen LogP contribution in [0.4, 0.5) is 0 Å². The number of ether oxygens (including phenoxy) is 2. The van der Waals surface area contributed by atoms with E-state index in [9.17, 15) is 20.1 Å². The Labute approximate surface area is 168 Å². The maximum atomic E-state index is 12.9. The first-order valence-corrected chi connectivity index (χ1v) is 9.25. The molecule has 5 atom stereocenters. The van der Waals surface area contributed by atoms with Crippen molar-refractivity contribution in [3.05, 3.63) is 64.2 Å². The van der Waals surface area contributed by atoms with Crippen LogP contribution in [-0.2, 0) is 4.74 Å². The second kappa shape index (κ2) is 8.31. The van der Waals surface area contributed by atoms with Crippen molar-refractivity contribution in [2.45, 2.75) is 51.5 Å². The molecule has 0 saturated carbocycles. The first kappa shape index (κ1) is 21.0. The normalized spacial score (nSPS) is 26.6. The van der Waals surface area contributed by atoms with Gasteiger partial charge in [-0.1, -0.05) is 0 Å². The van der Waals surface area contributed by atoms with E-state index >= 15 is 0 Å². The zero-order chi connectivity index (χ0) is 21.3. The lowest BCUT2D eigenvalue weighted by Crippen LogP contribution is -2.58. The van der Waals surface area contributed by atoms with E-state index in [0.717, 1.165) is 0 Å². The molecule has 2 aromatic rings. The molecule has 0 unspecified atom stereocenters. The van der Waals surface area contributed by atoms with Gasteiger partial charge >= 0.3 is 0 Å². The molecule has 0 radical (unpaired) electrons. The first-order chi connectivity index (χ1) is 13.7. The zero-order valence-electron chi connectivity index (χ0n) is 16.4. The van der Waals surface area contributed by atoms with Crippen LogP contribution in [0.1, 0.15) is 39.5 Å². The van der Waals surface area contributed by atoms with Crippen LogP contribution in [0.3, 0.4) is 0 Å². The number of aryl methyl sites for hydroxylation is 2. The molecule has 0 bridgehead atoms. The number of aliphatic hydroxyl groups excluding tert-OH is 3. The molecule has 1 aliphatic rings. The number of nitrogens with zero attached hydrogens (tertiary/aromatic N) is 1. The lowest BCUT2D eigenvalue weighted by Gasteiger charge is -2.39. The summed E-state index contributed by atoms with van der Waals surface area (Å²) in [6.07, 6.45) is -5.87. The molecule has 29 heavy (non-hydrogen) atoms. The second-order valence-electron chi connectivity index (χ2n) is 7.25. The van der Waals surface area contributed by atoms with Gasteiger partial charge in [0, 0.05) is 11.1 Å². The number of aliphatic hydroxyl groups is 3. The number of ketones is 1. The maximum Gasteiger partial charge on any atom is 0.229 e. The molecular weight excluding hydrogens is 374 g/mol. The Bertz CT molecular complexity index is 926. The lowest BCUT2D eigenvalue weighted by molar-refractivity contribution is -0.268. The van der Waals surface area contributed by atoms with Crippen LogP contribution in [0.5, 0.6) is 5.75 Å². The monoisotopic (exact) mass is 397 g/mol. The smallest absolute Gasteiger partial charge is 0.229 e. The van der Waals surface area contributed by atoms with Crippen LogP contribution >= 0.6 is 0 Å². The minimum atomic E-state index is -1.42. The third kappa shape index (κ3) is 4.16. The van der Waals surface area contributed by atoms with E-state index in [0.29, 0.717) is 33.6 Å². The highest BCUT2D eigenvalue weighted by atomic mass is 16.7. The Kier molecular flexibility index (Phi) is 6.01. The molecule has 3 rings (SSSR count). The molecule has 7 heteroatoms. The van der Waals surface area contributed by atoms with E-state index in [4.69, 9.17) is 14.7 Å². The summed E-state index contributed by atoms with van der Waals surface area (Å²) in [7, 11) is 0. The SMILES string of the molecule is Cc1cc(O[C@H]2O[C@H](C)[C@@H](O)[C@H](O)[C@@H]2O)cc(C)c1C(=O)c1ccc(C#N)cc1. The van der Waals surface area contributed by atoms with Crippen molar-refractivity contribution >= 4 is 5.78 Å². The summed E-state index contributed by atoms with van der Waals surface area (Å²) >= 11 is 0. The molecule has 0 aromatic heterocycles. The molecule has 0 spiro atoms. The lowest BCUT2D eigenvalue weighted by atomic mass is 9.94. The molecule has 152 valence electrons. The molecule has 2 aromatic carbocycles. The summed E-state index contributed by atoms with van der Waals surface area (Å²) < 4.78 is 11.2. The molecule has 0 aliphatic carbocycles. The van der Waals surface area contributed by atoms with Crippen LogP contribution in [0, 0.1) is 25.2 Å².